The van der Waals surface area contributed by atoms with Gasteiger partial charge in [0, 0.05) is 12.0 Å². The van der Waals surface area contributed by atoms with E-state index >= 15 is 0 Å². The molecule has 1 aromatic heterocycles. The summed E-state index contributed by atoms with van der Waals surface area (Å²) in [5.74, 6) is 0.568. The van der Waals surface area contributed by atoms with E-state index in [4.69, 9.17) is 10.2 Å². The van der Waals surface area contributed by atoms with E-state index < -0.39 is 0 Å². The molecule has 54 valence electrons. The summed E-state index contributed by atoms with van der Waals surface area (Å²) in [4.78, 5) is 0. The molecule has 2 nitrogen and oxygen atoms in total. The fraction of sp³-hybridized carbons (Fsp3) is 0.500. The standard InChI is InChI=1S/C8H11NO/c9-8-2-1-7(8)6-3-4-10-5-6/h3-5,7-8H,1-2,9H2. The van der Waals surface area contributed by atoms with Gasteiger partial charge in [0.05, 0.1) is 12.5 Å². The molecule has 1 fully saturated rings. The van der Waals surface area contributed by atoms with Crippen molar-refractivity contribution in [1.82, 2.24) is 0 Å². The molecule has 1 heterocycles. The highest BCUT2D eigenvalue weighted by atomic mass is 16.3. The molecular formula is C8H11NO. The lowest BCUT2D eigenvalue weighted by atomic mass is 9.77. The number of rotatable bonds is 1. The molecule has 1 aliphatic carbocycles. The first-order valence-electron chi connectivity index (χ1n) is 3.65. The number of hydrogen-bond donors (Lipinski definition) is 1. The maximum Gasteiger partial charge on any atom is 0.0937 e. The summed E-state index contributed by atoms with van der Waals surface area (Å²) in [5, 5.41) is 0. The molecular weight excluding hydrogens is 126 g/mol. The maximum atomic E-state index is 5.77. The van der Waals surface area contributed by atoms with Crippen molar-refractivity contribution in [3.8, 4) is 0 Å². The third kappa shape index (κ3) is 0.762. The zero-order valence-electron chi connectivity index (χ0n) is 5.79. The van der Waals surface area contributed by atoms with Gasteiger partial charge in [0.15, 0.2) is 0 Å². The van der Waals surface area contributed by atoms with Crippen molar-refractivity contribution in [2.45, 2.75) is 24.8 Å². The minimum absolute atomic E-state index is 0.373. The molecule has 2 N–H and O–H groups in total. The largest absolute Gasteiger partial charge is 0.472 e. The molecule has 1 aromatic rings. The van der Waals surface area contributed by atoms with Crippen molar-refractivity contribution in [1.29, 1.82) is 0 Å². The molecule has 0 amide bonds. The summed E-state index contributed by atoms with van der Waals surface area (Å²) in [6.07, 6.45) is 5.89. The minimum atomic E-state index is 0.373. The monoisotopic (exact) mass is 137 g/mol. The van der Waals surface area contributed by atoms with E-state index in [-0.39, 0.29) is 0 Å². The van der Waals surface area contributed by atoms with Crippen LogP contribution in [0.2, 0.25) is 0 Å². The van der Waals surface area contributed by atoms with Crippen LogP contribution in [0.3, 0.4) is 0 Å². The van der Waals surface area contributed by atoms with Crippen LogP contribution in [0.1, 0.15) is 24.3 Å². The second-order valence-electron chi connectivity index (χ2n) is 2.90. The Labute approximate surface area is 60.0 Å². The second kappa shape index (κ2) is 2.13. The summed E-state index contributed by atoms with van der Waals surface area (Å²) in [7, 11) is 0. The van der Waals surface area contributed by atoms with Gasteiger partial charge >= 0.3 is 0 Å². The molecule has 1 saturated carbocycles. The summed E-state index contributed by atoms with van der Waals surface area (Å²) in [6, 6.07) is 2.38. The predicted molar refractivity (Wildman–Crippen MR) is 38.7 cm³/mol. The zero-order valence-corrected chi connectivity index (χ0v) is 5.79. The van der Waals surface area contributed by atoms with Crippen molar-refractivity contribution in [2.75, 3.05) is 0 Å². The van der Waals surface area contributed by atoms with E-state index in [1.807, 2.05) is 6.07 Å². The smallest absolute Gasteiger partial charge is 0.0937 e. The molecule has 0 radical (unpaired) electrons. The average Bonchev–Trinajstić information content (AvgIpc) is 2.37. The Morgan fingerprint density at radius 1 is 1.50 bits per heavy atom. The zero-order chi connectivity index (χ0) is 6.97. The van der Waals surface area contributed by atoms with Gasteiger partial charge < -0.3 is 10.2 Å². The SMILES string of the molecule is NC1CCC1c1ccoc1. The van der Waals surface area contributed by atoms with Gasteiger partial charge in [0.25, 0.3) is 0 Å². The van der Waals surface area contributed by atoms with Gasteiger partial charge in [0.2, 0.25) is 0 Å². The molecule has 2 unspecified atom stereocenters. The molecule has 0 aromatic carbocycles. The summed E-state index contributed by atoms with van der Waals surface area (Å²) in [6.45, 7) is 0. The van der Waals surface area contributed by atoms with Gasteiger partial charge in [-0.2, -0.15) is 0 Å². The molecule has 0 bridgehead atoms. The Bertz CT molecular complexity index is 205. The van der Waals surface area contributed by atoms with Crippen molar-refractivity contribution < 1.29 is 4.42 Å². The van der Waals surface area contributed by atoms with Gasteiger partial charge in [0.1, 0.15) is 0 Å². The number of furan rings is 1. The lowest BCUT2D eigenvalue weighted by Crippen LogP contribution is -2.37. The second-order valence-corrected chi connectivity index (χ2v) is 2.90. The normalized spacial score (nSPS) is 31.7. The van der Waals surface area contributed by atoms with Crippen LogP contribution in [-0.4, -0.2) is 6.04 Å². The van der Waals surface area contributed by atoms with Crippen molar-refractivity contribution in [3.63, 3.8) is 0 Å². The van der Waals surface area contributed by atoms with Crippen LogP contribution in [0.5, 0.6) is 0 Å². The van der Waals surface area contributed by atoms with Gasteiger partial charge in [-0.15, -0.1) is 0 Å². The molecule has 1 aliphatic rings. The fourth-order valence-corrected chi connectivity index (χ4v) is 1.43. The summed E-state index contributed by atoms with van der Waals surface area (Å²) < 4.78 is 4.96. The first-order valence-corrected chi connectivity index (χ1v) is 3.65. The minimum Gasteiger partial charge on any atom is -0.472 e. The van der Waals surface area contributed by atoms with Gasteiger partial charge in [-0.3, -0.25) is 0 Å². The van der Waals surface area contributed by atoms with Crippen LogP contribution in [0, 0.1) is 0 Å². The summed E-state index contributed by atoms with van der Waals surface area (Å²) in [5.41, 5.74) is 7.04. The highest BCUT2D eigenvalue weighted by molar-refractivity contribution is 5.18. The van der Waals surface area contributed by atoms with E-state index in [9.17, 15) is 0 Å². The average molecular weight is 137 g/mol. The van der Waals surface area contributed by atoms with Crippen molar-refractivity contribution in [2.24, 2.45) is 5.73 Å². The Hall–Kier alpha value is -0.760. The van der Waals surface area contributed by atoms with Crippen LogP contribution in [0.25, 0.3) is 0 Å². The first-order chi connectivity index (χ1) is 4.88. The van der Waals surface area contributed by atoms with Crippen LogP contribution in [0.4, 0.5) is 0 Å². The number of hydrogen-bond acceptors (Lipinski definition) is 2. The van der Waals surface area contributed by atoms with Crippen LogP contribution in [-0.2, 0) is 0 Å². The fourth-order valence-electron chi connectivity index (χ4n) is 1.43. The topological polar surface area (TPSA) is 39.2 Å². The van der Waals surface area contributed by atoms with Crippen LogP contribution >= 0.6 is 0 Å². The van der Waals surface area contributed by atoms with E-state index in [0.29, 0.717) is 12.0 Å². The Kier molecular flexibility index (Phi) is 1.27. The number of nitrogens with two attached hydrogens (primary N) is 1. The third-order valence-corrected chi connectivity index (χ3v) is 2.30. The van der Waals surface area contributed by atoms with Gasteiger partial charge in [-0.25, -0.2) is 0 Å². The highest BCUT2D eigenvalue weighted by Crippen LogP contribution is 2.35. The van der Waals surface area contributed by atoms with E-state index in [1.54, 1.807) is 12.5 Å². The molecule has 0 saturated heterocycles. The van der Waals surface area contributed by atoms with E-state index in [0.717, 1.165) is 6.42 Å². The Balaban J connectivity index is 2.14. The van der Waals surface area contributed by atoms with Crippen LogP contribution in [0.15, 0.2) is 23.0 Å². The van der Waals surface area contributed by atoms with Crippen molar-refractivity contribution in [3.05, 3.63) is 24.2 Å². The third-order valence-electron chi connectivity index (χ3n) is 2.30. The van der Waals surface area contributed by atoms with E-state index in [1.165, 1.54) is 12.0 Å². The summed E-state index contributed by atoms with van der Waals surface area (Å²) >= 11 is 0. The Morgan fingerprint density at radius 2 is 2.40 bits per heavy atom. The molecule has 0 spiro atoms. The molecule has 2 rings (SSSR count). The first kappa shape index (κ1) is 5.98. The predicted octanol–water partition coefficient (Wildman–Crippen LogP) is 1.48. The molecule has 2 heteroatoms. The lowest BCUT2D eigenvalue weighted by molar-refractivity contribution is 0.344. The molecule has 0 aliphatic heterocycles. The lowest BCUT2D eigenvalue weighted by Gasteiger charge is -2.32. The maximum absolute atomic E-state index is 5.77. The van der Waals surface area contributed by atoms with Gasteiger partial charge in [-0.1, -0.05) is 0 Å². The van der Waals surface area contributed by atoms with Crippen molar-refractivity contribution >= 4 is 0 Å². The van der Waals surface area contributed by atoms with Gasteiger partial charge in [-0.05, 0) is 24.5 Å². The molecule has 2 atom stereocenters. The highest BCUT2D eigenvalue weighted by Gasteiger charge is 2.29. The Morgan fingerprint density at radius 3 is 2.80 bits per heavy atom. The molecule has 10 heavy (non-hydrogen) atoms. The quantitative estimate of drug-likeness (QED) is 0.636. The van der Waals surface area contributed by atoms with Crippen LogP contribution < -0.4 is 5.73 Å². The van der Waals surface area contributed by atoms with E-state index in [2.05, 4.69) is 0 Å².